The molecule has 2 aromatic heterocycles. The molecular weight excluding hydrogens is 298 g/mol. The van der Waals surface area contributed by atoms with E-state index in [9.17, 15) is 4.79 Å². The number of thiazole rings is 1. The first-order chi connectivity index (χ1) is 10.8. The Bertz CT molecular complexity index is 623. The molecule has 0 radical (unpaired) electrons. The van der Waals surface area contributed by atoms with Gasteiger partial charge in [-0.2, -0.15) is 0 Å². The second-order valence-electron chi connectivity index (χ2n) is 5.45. The molecule has 1 amide bonds. The average Bonchev–Trinajstić information content (AvgIpc) is 3.00. The molecule has 5 nitrogen and oxygen atoms in total. The van der Waals surface area contributed by atoms with Crippen LogP contribution in [0.2, 0.25) is 0 Å². The molecule has 0 saturated carbocycles. The van der Waals surface area contributed by atoms with E-state index in [0.29, 0.717) is 10.8 Å². The number of nitrogens with one attached hydrogen (secondary N) is 1. The van der Waals surface area contributed by atoms with Crippen LogP contribution in [-0.2, 0) is 4.74 Å². The summed E-state index contributed by atoms with van der Waals surface area (Å²) in [6.07, 6.45) is 5.47. The van der Waals surface area contributed by atoms with E-state index in [2.05, 4.69) is 15.3 Å². The second-order valence-corrected chi connectivity index (χ2v) is 6.31. The Morgan fingerprint density at radius 2 is 2.27 bits per heavy atom. The van der Waals surface area contributed by atoms with Crippen molar-refractivity contribution >= 4 is 17.2 Å². The van der Waals surface area contributed by atoms with Gasteiger partial charge >= 0.3 is 0 Å². The van der Waals surface area contributed by atoms with Gasteiger partial charge in [-0.3, -0.25) is 9.78 Å². The molecule has 116 valence electrons. The minimum Gasteiger partial charge on any atom is -0.381 e. The summed E-state index contributed by atoms with van der Waals surface area (Å²) in [5, 5.41) is 3.18. The summed E-state index contributed by atoms with van der Waals surface area (Å²) in [4.78, 5) is 21.6. The monoisotopic (exact) mass is 317 g/mol. The largest absolute Gasteiger partial charge is 0.381 e. The number of hydrogen-bond donors (Lipinski definition) is 1. The number of hydrogen-bond acceptors (Lipinski definition) is 5. The molecule has 0 aromatic carbocycles. The Morgan fingerprint density at radius 3 is 2.91 bits per heavy atom. The number of aromatic nitrogens is 2. The highest BCUT2D eigenvalue weighted by atomic mass is 32.1. The van der Waals surface area contributed by atoms with E-state index in [0.717, 1.165) is 37.3 Å². The van der Waals surface area contributed by atoms with Gasteiger partial charge in [-0.15, -0.1) is 11.3 Å². The van der Waals surface area contributed by atoms with Crippen LogP contribution in [0.25, 0.3) is 0 Å². The third kappa shape index (κ3) is 3.34. The zero-order valence-electron chi connectivity index (χ0n) is 12.5. The number of carbonyl (C=O) groups is 1. The maximum Gasteiger partial charge on any atom is 0.263 e. The maximum atomic E-state index is 12.6. The van der Waals surface area contributed by atoms with E-state index >= 15 is 0 Å². The lowest BCUT2D eigenvalue weighted by molar-refractivity contribution is 0.0514. The van der Waals surface area contributed by atoms with Crippen molar-refractivity contribution in [2.24, 2.45) is 5.92 Å². The Hall–Kier alpha value is -1.79. The van der Waals surface area contributed by atoms with Gasteiger partial charge in [-0.1, -0.05) is 6.07 Å². The van der Waals surface area contributed by atoms with Crippen molar-refractivity contribution in [2.75, 3.05) is 13.2 Å². The zero-order valence-corrected chi connectivity index (χ0v) is 13.3. The van der Waals surface area contributed by atoms with Crippen LogP contribution < -0.4 is 5.32 Å². The van der Waals surface area contributed by atoms with Crippen LogP contribution in [0.4, 0.5) is 0 Å². The number of nitrogens with zero attached hydrogens (tertiary/aromatic N) is 2. The molecule has 1 saturated heterocycles. The highest BCUT2D eigenvalue weighted by Crippen LogP contribution is 2.30. The van der Waals surface area contributed by atoms with Gasteiger partial charge in [0.1, 0.15) is 4.88 Å². The minimum absolute atomic E-state index is 0.0356. The van der Waals surface area contributed by atoms with E-state index in [4.69, 9.17) is 4.74 Å². The summed E-state index contributed by atoms with van der Waals surface area (Å²) in [6.45, 7) is 3.35. The second kappa shape index (κ2) is 6.98. The molecule has 0 aliphatic carbocycles. The van der Waals surface area contributed by atoms with Crippen molar-refractivity contribution in [2.45, 2.75) is 25.8 Å². The Kier molecular flexibility index (Phi) is 4.80. The van der Waals surface area contributed by atoms with Gasteiger partial charge in [0.05, 0.1) is 17.2 Å². The number of carbonyl (C=O) groups excluding carboxylic acids is 1. The fourth-order valence-electron chi connectivity index (χ4n) is 2.81. The van der Waals surface area contributed by atoms with Crippen LogP contribution >= 0.6 is 11.3 Å². The highest BCUT2D eigenvalue weighted by Gasteiger charge is 2.28. The normalized spacial score (nSPS) is 17.1. The van der Waals surface area contributed by atoms with Crippen LogP contribution in [0.15, 0.2) is 30.0 Å². The van der Waals surface area contributed by atoms with Gasteiger partial charge in [0.2, 0.25) is 0 Å². The van der Waals surface area contributed by atoms with Gasteiger partial charge in [0.15, 0.2) is 0 Å². The maximum absolute atomic E-state index is 12.6. The standard InChI is InChI=1S/C16H19N3O2S/c1-11-15(22-10-18-11)16(20)19-14(12-4-7-21-8-5-12)13-3-2-6-17-9-13/h2-3,6,9-10,12,14H,4-5,7-8H2,1H3,(H,19,20). The SMILES string of the molecule is Cc1ncsc1C(=O)NC(c1cccnc1)C1CCOCC1. The molecule has 22 heavy (non-hydrogen) atoms. The third-order valence-electron chi connectivity index (χ3n) is 4.02. The molecule has 1 atom stereocenters. The molecule has 6 heteroatoms. The first kappa shape index (κ1) is 15.1. The molecule has 1 aliphatic heterocycles. The summed E-state index contributed by atoms with van der Waals surface area (Å²) in [6, 6.07) is 3.89. The van der Waals surface area contributed by atoms with Crippen molar-refractivity contribution in [3.05, 3.63) is 46.2 Å². The Balaban J connectivity index is 1.82. The molecule has 2 aromatic rings. The van der Waals surface area contributed by atoms with Crippen molar-refractivity contribution in [3.8, 4) is 0 Å². The molecule has 0 bridgehead atoms. The summed E-state index contributed by atoms with van der Waals surface area (Å²) in [5.74, 6) is 0.315. The highest BCUT2D eigenvalue weighted by molar-refractivity contribution is 7.11. The van der Waals surface area contributed by atoms with Crippen LogP contribution in [0.5, 0.6) is 0 Å². The zero-order chi connectivity index (χ0) is 15.4. The molecule has 1 unspecified atom stereocenters. The fraction of sp³-hybridized carbons (Fsp3) is 0.438. The topological polar surface area (TPSA) is 64.1 Å². The van der Waals surface area contributed by atoms with Crippen molar-refractivity contribution < 1.29 is 9.53 Å². The first-order valence-electron chi connectivity index (χ1n) is 7.44. The third-order valence-corrected chi connectivity index (χ3v) is 4.95. The lowest BCUT2D eigenvalue weighted by Gasteiger charge is -2.31. The van der Waals surface area contributed by atoms with Gasteiger partial charge in [0.25, 0.3) is 5.91 Å². The minimum atomic E-state index is -0.0552. The molecule has 3 rings (SSSR count). The van der Waals surface area contributed by atoms with Crippen LogP contribution in [0.1, 0.15) is 39.8 Å². The molecule has 1 N–H and O–H groups in total. The summed E-state index contributed by atoms with van der Waals surface area (Å²) in [5.41, 5.74) is 3.53. The van der Waals surface area contributed by atoms with Crippen molar-refractivity contribution in [3.63, 3.8) is 0 Å². The summed E-state index contributed by atoms with van der Waals surface area (Å²) in [7, 11) is 0. The quantitative estimate of drug-likeness (QED) is 0.942. The predicted octanol–water partition coefficient (Wildman–Crippen LogP) is 2.74. The van der Waals surface area contributed by atoms with Gasteiger partial charge in [-0.25, -0.2) is 4.98 Å². The van der Waals surface area contributed by atoms with Gasteiger partial charge < -0.3 is 10.1 Å². The summed E-state index contributed by atoms with van der Waals surface area (Å²) < 4.78 is 5.45. The predicted molar refractivity (Wildman–Crippen MR) is 84.8 cm³/mol. The molecule has 0 spiro atoms. The summed E-state index contributed by atoms with van der Waals surface area (Å²) >= 11 is 1.38. The molecule has 3 heterocycles. The molecular formula is C16H19N3O2S. The molecule has 1 fully saturated rings. The number of pyridine rings is 1. The lowest BCUT2D eigenvalue weighted by atomic mass is 9.87. The number of amides is 1. The fourth-order valence-corrected chi connectivity index (χ4v) is 3.51. The number of ether oxygens (including phenoxy) is 1. The van der Waals surface area contributed by atoms with E-state index in [1.807, 2.05) is 25.3 Å². The Morgan fingerprint density at radius 1 is 1.45 bits per heavy atom. The lowest BCUT2D eigenvalue weighted by Crippen LogP contribution is -2.36. The number of aryl methyl sites for hydroxylation is 1. The van der Waals surface area contributed by atoms with Crippen LogP contribution in [0, 0.1) is 12.8 Å². The molecule has 1 aliphatic rings. The van der Waals surface area contributed by atoms with Crippen molar-refractivity contribution in [1.82, 2.24) is 15.3 Å². The number of rotatable bonds is 4. The average molecular weight is 317 g/mol. The van der Waals surface area contributed by atoms with E-state index in [1.165, 1.54) is 11.3 Å². The van der Waals surface area contributed by atoms with E-state index < -0.39 is 0 Å². The van der Waals surface area contributed by atoms with Gasteiger partial charge in [0, 0.05) is 25.6 Å². The van der Waals surface area contributed by atoms with Gasteiger partial charge in [-0.05, 0) is 37.3 Å². The van der Waals surface area contributed by atoms with E-state index in [-0.39, 0.29) is 11.9 Å². The van der Waals surface area contributed by atoms with Crippen LogP contribution in [-0.4, -0.2) is 29.1 Å². The van der Waals surface area contributed by atoms with Crippen molar-refractivity contribution in [1.29, 1.82) is 0 Å². The first-order valence-corrected chi connectivity index (χ1v) is 8.32. The van der Waals surface area contributed by atoms with Crippen LogP contribution in [0.3, 0.4) is 0 Å². The van der Waals surface area contributed by atoms with E-state index in [1.54, 1.807) is 11.7 Å². The Labute approximate surface area is 133 Å². The smallest absolute Gasteiger partial charge is 0.263 e.